The summed E-state index contributed by atoms with van der Waals surface area (Å²) < 4.78 is 7.61. The molecule has 0 saturated carbocycles. The zero-order valence-electron chi connectivity index (χ0n) is 13.3. The number of nitrogens with zero attached hydrogens (tertiary/aromatic N) is 2. The van der Waals surface area contributed by atoms with E-state index in [2.05, 4.69) is 4.98 Å². The van der Waals surface area contributed by atoms with E-state index in [1.807, 2.05) is 40.4 Å². The summed E-state index contributed by atoms with van der Waals surface area (Å²) in [5.41, 5.74) is 0.571. The molecule has 1 atom stereocenters. The normalized spacial score (nSPS) is 12.1. The minimum absolute atomic E-state index is 0.0259. The van der Waals surface area contributed by atoms with Gasteiger partial charge in [0.25, 0.3) is 0 Å². The Balaban J connectivity index is 1.67. The fourth-order valence-electron chi connectivity index (χ4n) is 2.47. The number of carbonyl (C=O) groups is 1. The van der Waals surface area contributed by atoms with E-state index < -0.39 is 6.10 Å². The molecule has 0 radical (unpaired) electrons. The molecule has 0 saturated heterocycles. The Kier molecular flexibility index (Phi) is 5.08. The van der Waals surface area contributed by atoms with E-state index in [-0.39, 0.29) is 5.78 Å². The molecule has 6 heteroatoms. The van der Waals surface area contributed by atoms with Gasteiger partial charge in [0.2, 0.25) is 0 Å². The molecule has 3 rings (SSSR count). The smallest absolute Gasteiger partial charge is 0.163 e. The van der Waals surface area contributed by atoms with Crippen molar-refractivity contribution >= 4 is 17.1 Å². The molecule has 5 nitrogen and oxygen atoms in total. The Morgan fingerprint density at radius 1 is 1.33 bits per heavy atom. The number of aromatic nitrogens is 2. The monoisotopic (exact) mass is 342 g/mol. The molecule has 1 unspecified atom stereocenters. The van der Waals surface area contributed by atoms with Gasteiger partial charge in [0.1, 0.15) is 24.3 Å². The van der Waals surface area contributed by atoms with Crippen LogP contribution in [-0.4, -0.2) is 27.0 Å². The van der Waals surface area contributed by atoms with Gasteiger partial charge in [0, 0.05) is 17.3 Å². The van der Waals surface area contributed by atoms with Gasteiger partial charge >= 0.3 is 0 Å². The fourth-order valence-corrected chi connectivity index (χ4v) is 3.17. The number of rotatable bonds is 7. The molecule has 3 aromatic rings. The first-order chi connectivity index (χ1) is 11.7. The van der Waals surface area contributed by atoms with Crippen LogP contribution in [-0.2, 0) is 6.54 Å². The number of aliphatic hydroxyl groups excluding tert-OH is 1. The Bertz CT molecular complexity index is 811. The lowest BCUT2D eigenvalue weighted by molar-refractivity contribution is 0.101. The average molecular weight is 342 g/mol. The summed E-state index contributed by atoms with van der Waals surface area (Å²) in [5.74, 6) is 1.13. The molecule has 2 heterocycles. The van der Waals surface area contributed by atoms with Gasteiger partial charge in [0.05, 0.1) is 12.1 Å². The van der Waals surface area contributed by atoms with Crippen LogP contribution in [0.15, 0.2) is 54.2 Å². The third kappa shape index (κ3) is 3.55. The van der Waals surface area contributed by atoms with Crippen LogP contribution < -0.4 is 4.74 Å². The highest BCUT2D eigenvalue weighted by atomic mass is 32.1. The van der Waals surface area contributed by atoms with Gasteiger partial charge in [-0.3, -0.25) is 4.79 Å². The lowest BCUT2D eigenvalue weighted by Gasteiger charge is -2.14. The highest BCUT2D eigenvalue weighted by molar-refractivity contribution is 7.10. The summed E-state index contributed by atoms with van der Waals surface area (Å²) in [6, 6.07) is 11.0. The summed E-state index contributed by atoms with van der Waals surface area (Å²) in [6.45, 7) is 2.43. The van der Waals surface area contributed by atoms with E-state index >= 15 is 0 Å². The summed E-state index contributed by atoms with van der Waals surface area (Å²) in [4.78, 5) is 16.7. The maximum Gasteiger partial charge on any atom is 0.163 e. The molecule has 0 fully saturated rings. The molecule has 1 N–H and O–H groups in total. The molecule has 2 aromatic heterocycles. The van der Waals surface area contributed by atoms with E-state index in [0.29, 0.717) is 30.3 Å². The number of ether oxygens (including phenoxy) is 1. The molecule has 24 heavy (non-hydrogen) atoms. The highest BCUT2D eigenvalue weighted by Gasteiger charge is 2.17. The molecule has 0 bridgehead atoms. The number of thiophene rings is 1. The zero-order valence-corrected chi connectivity index (χ0v) is 14.1. The van der Waals surface area contributed by atoms with Crippen LogP contribution in [0.5, 0.6) is 5.75 Å². The summed E-state index contributed by atoms with van der Waals surface area (Å²) in [6.07, 6.45) is 2.73. The predicted octanol–water partition coefficient (Wildman–Crippen LogP) is 3.31. The Morgan fingerprint density at radius 3 is 2.92 bits per heavy atom. The van der Waals surface area contributed by atoms with Crippen molar-refractivity contribution in [2.24, 2.45) is 0 Å². The van der Waals surface area contributed by atoms with E-state index in [4.69, 9.17) is 4.74 Å². The van der Waals surface area contributed by atoms with E-state index in [1.165, 1.54) is 18.3 Å². The topological polar surface area (TPSA) is 64.4 Å². The number of hydrogen-bond acceptors (Lipinski definition) is 5. The zero-order chi connectivity index (χ0) is 16.9. The van der Waals surface area contributed by atoms with Crippen molar-refractivity contribution in [1.29, 1.82) is 0 Å². The first-order valence-electron chi connectivity index (χ1n) is 7.62. The second-order valence-corrected chi connectivity index (χ2v) is 6.28. The van der Waals surface area contributed by atoms with Crippen LogP contribution in [0.3, 0.4) is 0 Å². The number of ketones is 1. The van der Waals surface area contributed by atoms with Gasteiger partial charge in [-0.2, -0.15) is 0 Å². The maximum absolute atomic E-state index is 11.6. The molecule has 1 aromatic carbocycles. The van der Waals surface area contributed by atoms with Gasteiger partial charge < -0.3 is 14.4 Å². The molecule has 124 valence electrons. The summed E-state index contributed by atoms with van der Waals surface area (Å²) >= 11 is 1.49. The molecule has 0 amide bonds. The Labute approximate surface area is 144 Å². The number of Topliss-reactive ketones (excluding diaryl/α,β-unsaturated/α-hetero) is 1. The van der Waals surface area contributed by atoms with Gasteiger partial charge in [-0.15, -0.1) is 11.3 Å². The first kappa shape index (κ1) is 16.4. The van der Waals surface area contributed by atoms with Gasteiger partial charge in [-0.05, 0) is 30.5 Å². The van der Waals surface area contributed by atoms with Crippen molar-refractivity contribution < 1.29 is 14.6 Å². The second kappa shape index (κ2) is 7.42. The number of carbonyl (C=O) groups excluding carboxylic acids is 1. The van der Waals surface area contributed by atoms with Gasteiger partial charge in [-0.25, -0.2) is 4.98 Å². The molecule has 0 aliphatic rings. The van der Waals surface area contributed by atoms with Crippen LogP contribution in [0.25, 0.3) is 0 Å². The number of aliphatic hydroxyl groups is 1. The van der Waals surface area contributed by atoms with Crippen LogP contribution in [0, 0.1) is 0 Å². The second-order valence-electron chi connectivity index (χ2n) is 5.30. The largest absolute Gasteiger partial charge is 0.491 e. The average Bonchev–Trinajstić information content (AvgIpc) is 3.26. The van der Waals surface area contributed by atoms with Gasteiger partial charge in [0.15, 0.2) is 5.78 Å². The van der Waals surface area contributed by atoms with Crippen molar-refractivity contribution in [1.82, 2.24) is 9.55 Å². The molecule has 0 aliphatic heterocycles. The maximum atomic E-state index is 11.6. The molecular formula is C18H18N2O3S. The van der Waals surface area contributed by atoms with Crippen molar-refractivity contribution in [3.63, 3.8) is 0 Å². The van der Waals surface area contributed by atoms with Crippen molar-refractivity contribution in [3.8, 4) is 5.75 Å². The summed E-state index contributed by atoms with van der Waals surface area (Å²) in [7, 11) is 0. The van der Waals surface area contributed by atoms with Crippen molar-refractivity contribution in [2.75, 3.05) is 6.61 Å². The minimum atomic E-state index is -0.746. The van der Waals surface area contributed by atoms with Crippen LogP contribution in [0.4, 0.5) is 0 Å². The third-order valence-electron chi connectivity index (χ3n) is 3.66. The van der Waals surface area contributed by atoms with Crippen LogP contribution >= 0.6 is 11.3 Å². The van der Waals surface area contributed by atoms with Crippen molar-refractivity contribution in [2.45, 2.75) is 19.6 Å². The fraction of sp³-hybridized carbons (Fsp3) is 0.222. The van der Waals surface area contributed by atoms with E-state index in [9.17, 15) is 9.90 Å². The van der Waals surface area contributed by atoms with Crippen LogP contribution in [0.1, 0.15) is 34.1 Å². The quantitative estimate of drug-likeness (QED) is 0.669. The van der Waals surface area contributed by atoms with E-state index in [0.717, 1.165) is 4.88 Å². The number of para-hydroxylation sites is 1. The molecule has 0 aliphatic carbocycles. The minimum Gasteiger partial charge on any atom is -0.491 e. The molecular weight excluding hydrogens is 324 g/mol. The SMILES string of the molecule is CC(=O)c1ccccc1OCCn1ccnc1C(O)c1cccs1. The lowest BCUT2D eigenvalue weighted by Crippen LogP contribution is -2.14. The van der Waals surface area contributed by atoms with E-state index in [1.54, 1.807) is 18.3 Å². The first-order valence-corrected chi connectivity index (χ1v) is 8.50. The standard InChI is InChI=1S/C18H18N2O3S/c1-13(21)14-5-2-3-6-15(14)23-11-10-20-9-8-19-18(20)17(22)16-7-4-12-24-16/h2-9,12,17,22H,10-11H2,1H3. The Hall–Kier alpha value is -2.44. The summed E-state index contributed by atoms with van der Waals surface area (Å²) in [5, 5.41) is 12.3. The van der Waals surface area contributed by atoms with Gasteiger partial charge in [-0.1, -0.05) is 18.2 Å². The van der Waals surface area contributed by atoms with Crippen molar-refractivity contribution in [3.05, 3.63) is 70.4 Å². The number of imidazole rings is 1. The highest BCUT2D eigenvalue weighted by Crippen LogP contribution is 2.24. The lowest BCUT2D eigenvalue weighted by atomic mass is 10.1. The number of hydrogen-bond donors (Lipinski definition) is 1. The third-order valence-corrected chi connectivity index (χ3v) is 4.59. The van der Waals surface area contributed by atoms with Crippen LogP contribution in [0.2, 0.25) is 0 Å². The Morgan fingerprint density at radius 2 is 2.17 bits per heavy atom. The number of benzene rings is 1. The predicted molar refractivity (Wildman–Crippen MR) is 92.5 cm³/mol. The molecule has 0 spiro atoms.